The molecule has 0 amide bonds. The van der Waals surface area contributed by atoms with Gasteiger partial charge in [0, 0.05) is 18.5 Å². The number of nitrogens with two attached hydrogens (primary N) is 1. The molecule has 0 aromatic carbocycles. The lowest BCUT2D eigenvalue weighted by Gasteiger charge is -2.31. The summed E-state index contributed by atoms with van der Waals surface area (Å²) in [5.74, 6) is 0. The molecule has 0 heterocycles. The summed E-state index contributed by atoms with van der Waals surface area (Å²) in [4.78, 5) is 2.84. The molecule has 0 aromatic rings. The fraction of sp³-hybridized carbons (Fsp3) is 0.875. The second-order valence-electron chi connectivity index (χ2n) is 3.81. The average Bonchev–Trinajstić information content (AvgIpc) is 1.80. The van der Waals surface area contributed by atoms with Gasteiger partial charge in [0.25, 0.3) is 0 Å². The van der Waals surface area contributed by atoms with Crippen molar-refractivity contribution >= 4 is 17.2 Å². The third kappa shape index (κ3) is 5.16. The lowest BCUT2D eigenvalue weighted by Crippen LogP contribution is -2.39. The van der Waals surface area contributed by atoms with Crippen LogP contribution in [0.1, 0.15) is 27.2 Å². The van der Waals surface area contributed by atoms with Crippen molar-refractivity contribution in [3.63, 3.8) is 0 Å². The Morgan fingerprint density at radius 2 is 1.91 bits per heavy atom. The molecule has 0 fully saturated rings. The maximum absolute atomic E-state index is 5.39. The minimum atomic E-state index is 0.213. The molecule has 0 aliphatic heterocycles. The number of hydrogen-bond acceptors (Lipinski definition) is 2. The molecule has 0 unspecified atom stereocenters. The van der Waals surface area contributed by atoms with Crippen LogP contribution in [0.4, 0.5) is 0 Å². The Morgan fingerprint density at radius 3 is 2.18 bits per heavy atom. The van der Waals surface area contributed by atoms with Gasteiger partial charge in [-0.1, -0.05) is 12.2 Å². The van der Waals surface area contributed by atoms with E-state index in [9.17, 15) is 0 Å². The quantitative estimate of drug-likeness (QED) is 0.656. The third-order valence-electron chi connectivity index (χ3n) is 1.84. The van der Waals surface area contributed by atoms with E-state index in [2.05, 4.69) is 32.7 Å². The summed E-state index contributed by atoms with van der Waals surface area (Å²) in [7, 11) is 2.08. The first-order chi connectivity index (χ1) is 4.84. The lowest BCUT2D eigenvalue weighted by molar-refractivity contribution is 0.181. The molecule has 0 bridgehead atoms. The predicted molar refractivity (Wildman–Crippen MR) is 53.8 cm³/mol. The molecular weight excluding hydrogens is 156 g/mol. The minimum Gasteiger partial charge on any atom is -0.393 e. The van der Waals surface area contributed by atoms with Gasteiger partial charge in [0.2, 0.25) is 0 Å². The Kier molecular flexibility index (Phi) is 3.97. The fourth-order valence-corrected chi connectivity index (χ4v) is 0.705. The molecule has 0 rings (SSSR count). The van der Waals surface area contributed by atoms with E-state index in [1.165, 1.54) is 0 Å². The van der Waals surface area contributed by atoms with Gasteiger partial charge in [-0.05, 0) is 27.8 Å². The van der Waals surface area contributed by atoms with Gasteiger partial charge in [-0.2, -0.15) is 0 Å². The number of thiocarbonyl (C=S) groups is 1. The van der Waals surface area contributed by atoms with Crippen LogP contribution >= 0.6 is 12.2 Å². The molecule has 0 saturated heterocycles. The van der Waals surface area contributed by atoms with E-state index in [-0.39, 0.29) is 5.54 Å². The Bertz CT molecular complexity index is 138. The van der Waals surface area contributed by atoms with Crippen LogP contribution in [0, 0.1) is 0 Å². The standard InChI is InChI=1S/C8H18N2S/c1-8(2,3)10(4)6-5-7(9)11/h5-6H2,1-4H3,(H2,9,11). The van der Waals surface area contributed by atoms with Gasteiger partial charge < -0.3 is 10.6 Å². The summed E-state index contributed by atoms with van der Waals surface area (Å²) >= 11 is 4.79. The van der Waals surface area contributed by atoms with Gasteiger partial charge in [0.15, 0.2) is 0 Å². The third-order valence-corrected chi connectivity index (χ3v) is 2.04. The summed E-state index contributed by atoms with van der Waals surface area (Å²) in [6, 6.07) is 0. The molecule has 11 heavy (non-hydrogen) atoms. The Balaban J connectivity index is 3.70. The van der Waals surface area contributed by atoms with Crippen LogP contribution in [-0.4, -0.2) is 29.0 Å². The van der Waals surface area contributed by atoms with E-state index in [1.54, 1.807) is 0 Å². The second kappa shape index (κ2) is 4.02. The van der Waals surface area contributed by atoms with Gasteiger partial charge in [0.1, 0.15) is 0 Å². The van der Waals surface area contributed by atoms with Gasteiger partial charge in [-0.3, -0.25) is 0 Å². The van der Waals surface area contributed by atoms with Gasteiger partial charge in [-0.15, -0.1) is 0 Å². The highest BCUT2D eigenvalue weighted by molar-refractivity contribution is 7.80. The monoisotopic (exact) mass is 174 g/mol. The highest BCUT2D eigenvalue weighted by Gasteiger charge is 2.15. The van der Waals surface area contributed by atoms with Gasteiger partial charge >= 0.3 is 0 Å². The lowest BCUT2D eigenvalue weighted by atomic mass is 10.1. The van der Waals surface area contributed by atoms with E-state index in [4.69, 9.17) is 18.0 Å². The van der Waals surface area contributed by atoms with Crippen molar-refractivity contribution < 1.29 is 0 Å². The molecule has 0 aliphatic carbocycles. The van der Waals surface area contributed by atoms with E-state index in [0.29, 0.717) is 4.99 Å². The Hall–Kier alpha value is -0.150. The number of hydrogen-bond donors (Lipinski definition) is 1. The maximum Gasteiger partial charge on any atom is 0.0740 e. The van der Waals surface area contributed by atoms with Crippen LogP contribution in [0.15, 0.2) is 0 Å². The van der Waals surface area contributed by atoms with Crippen LogP contribution in [0.5, 0.6) is 0 Å². The van der Waals surface area contributed by atoms with Crippen LogP contribution in [0.25, 0.3) is 0 Å². The molecule has 0 aliphatic rings. The van der Waals surface area contributed by atoms with Crippen molar-refractivity contribution in [3.05, 3.63) is 0 Å². The molecule has 0 radical (unpaired) electrons. The van der Waals surface area contributed by atoms with Crippen molar-refractivity contribution in [3.8, 4) is 0 Å². The first-order valence-electron chi connectivity index (χ1n) is 3.83. The smallest absolute Gasteiger partial charge is 0.0740 e. The maximum atomic E-state index is 5.39. The van der Waals surface area contributed by atoms with Crippen LogP contribution < -0.4 is 5.73 Å². The normalized spacial score (nSPS) is 12.1. The zero-order valence-corrected chi connectivity index (χ0v) is 8.66. The molecule has 2 N–H and O–H groups in total. The fourth-order valence-electron chi connectivity index (χ4n) is 0.613. The first-order valence-corrected chi connectivity index (χ1v) is 4.24. The molecule has 0 saturated carbocycles. The van der Waals surface area contributed by atoms with Crippen molar-refractivity contribution in [1.82, 2.24) is 4.90 Å². The van der Waals surface area contributed by atoms with Crippen LogP contribution in [0.3, 0.4) is 0 Å². The van der Waals surface area contributed by atoms with Crippen molar-refractivity contribution in [1.29, 1.82) is 0 Å². The van der Waals surface area contributed by atoms with Gasteiger partial charge in [-0.25, -0.2) is 0 Å². The molecule has 66 valence electrons. The first kappa shape index (κ1) is 10.8. The summed E-state index contributed by atoms with van der Waals surface area (Å²) in [5, 5.41) is 0. The molecule has 0 aromatic heterocycles. The number of nitrogens with zero attached hydrogens (tertiary/aromatic N) is 1. The summed E-state index contributed by atoms with van der Waals surface area (Å²) in [6.45, 7) is 7.46. The van der Waals surface area contributed by atoms with Crippen LogP contribution in [-0.2, 0) is 0 Å². The van der Waals surface area contributed by atoms with Crippen molar-refractivity contribution in [2.75, 3.05) is 13.6 Å². The zero-order chi connectivity index (χ0) is 9.07. The Labute approximate surface area is 74.8 Å². The van der Waals surface area contributed by atoms with Crippen molar-refractivity contribution in [2.24, 2.45) is 5.73 Å². The summed E-state index contributed by atoms with van der Waals surface area (Å²) < 4.78 is 0. The highest BCUT2D eigenvalue weighted by Crippen LogP contribution is 2.09. The Morgan fingerprint density at radius 1 is 1.45 bits per heavy atom. The number of rotatable bonds is 3. The van der Waals surface area contributed by atoms with E-state index >= 15 is 0 Å². The minimum absolute atomic E-state index is 0.213. The van der Waals surface area contributed by atoms with E-state index in [0.717, 1.165) is 13.0 Å². The zero-order valence-electron chi connectivity index (χ0n) is 7.85. The summed E-state index contributed by atoms with van der Waals surface area (Å²) in [5.41, 5.74) is 5.60. The van der Waals surface area contributed by atoms with E-state index < -0.39 is 0 Å². The predicted octanol–water partition coefficient (Wildman–Crippen LogP) is 1.39. The van der Waals surface area contributed by atoms with Crippen LogP contribution in [0.2, 0.25) is 0 Å². The van der Waals surface area contributed by atoms with E-state index in [1.807, 2.05) is 0 Å². The molecule has 0 atom stereocenters. The summed E-state index contributed by atoms with van der Waals surface area (Å²) in [6.07, 6.45) is 0.809. The molecule has 3 heteroatoms. The SMILES string of the molecule is CN(CCC(N)=S)C(C)(C)C. The topological polar surface area (TPSA) is 29.3 Å². The molecule has 2 nitrogen and oxygen atoms in total. The largest absolute Gasteiger partial charge is 0.393 e. The second-order valence-corrected chi connectivity index (χ2v) is 4.33. The average molecular weight is 174 g/mol. The van der Waals surface area contributed by atoms with Crippen molar-refractivity contribution in [2.45, 2.75) is 32.7 Å². The molecular formula is C8H18N2S. The van der Waals surface area contributed by atoms with Gasteiger partial charge in [0.05, 0.1) is 4.99 Å². The molecule has 0 spiro atoms. The highest BCUT2D eigenvalue weighted by atomic mass is 32.1.